The highest BCUT2D eigenvalue weighted by atomic mass is 35.5. The lowest BCUT2D eigenvalue weighted by molar-refractivity contribution is -0.116. The van der Waals surface area contributed by atoms with Crippen molar-refractivity contribution in [2.45, 2.75) is 19.3 Å². The van der Waals surface area contributed by atoms with Crippen molar-refractivity contribution in [1.82, 2.24) is 20.2 Å². The van der Waals surface area contributed by atoms with Crippen LogP contribution >= 0.6 is 11.6 Å². The molecule has 0 aliphatic rings. The van der Waals surface area contributed by atoms with Gasteiger partial charge in [-0.2, -0.15) is 0 Å². The molecule has 0 saturated heterocycles. The van der Waals surface area contributed by atoms with E-state index in [0.717, 1.165) is 0 Å². The number of benzene rings is 1. The smallest absolute Gasteiger partial charge is 0.224 e. The molecule has 8 heteroatoms. The second-order valence-electron chi connectivity index (χ2n) is 4.15. The molecule has 0 unspecified atom stereocenters. The number of unbranched alkanes of at least 4 members (excludes halogenated alkanes) is 1. The molecule has 0 radical (unpaired) electrons. The largest absolute Gasteiger partial charge is 0.396 e. The van der Waals surface area contributed by atoms with Gasteiger partial charge >= 0.3 is 0 Å². The molecule has 2 rings (SSSR count). The fourth-order valence-electron chi connectivity index (χ4n) is 1.64. The van der Waals surface area contributed by atoms with Gasteiger partial charge in [0.2, 0.25) is 5.91 Å². The summed E-state index contributed by atoms with van der Waals surface area (Å²) < 4.78 is 1.47. The van der Waals surface area contributed by atoms with Gasteiger partial charge in [0.1, 0.15) is 6.33 Å². The quantitative estimate of drug-likeness (QED) is 0.786. The van der Waals surface area contributed by atoms with Crippen LogP contribution in [0.3, 0.4) is 0 Å². The molecule has 0 aliphatic heterocycles. The van der Waals surface area contributed by atoms with E-state index in [0.29, 0.717) is 35.7 Å². The maximum atomic E-state index is 11.7. The van der Waals surface area contributed by atoms with Gasteiger partial charge in [0, 0.05) is 13.0 Å². The Labute approximate surface area is 120 Å². The summed E-state index contributed by atoms with van der Waals surface area (Å²) >= 11 is 6.05. The maximum absolute atomic E-state index is 11.7. The number of anilines is 1. The second-order valence-corrected chi connectivity index (χ2v) is 4.55. The van der Waals surface area contributed by atoms with Gasteiger partial charge in [-0.25, -0.2) is 4.68 Å². The van der Waals surface area contributed by atoms with Crippen molar-refractivity contribution in [3.8, 4) is 5.69 Å². The molecule has 20 heavy (non-hydrogen) atoms. The second kappa shape index (κ2) is 6.97. The Kier molecular flexibility index (Phi) is 5.03. The fourth-order valence-corrected chi connectivity index (χ4v) is 1.81. The first-order valence-corrected chi connectivity index (χ1v) is 6.52. The number of hydrogen-bond acceptors (Lipinski definition) is 5. The summed E-state index contributed by atoms with van der Waals surface area (Å²) in [5.41, 5.74) is 1.21. The predicted octanol–water partition coefficient (Wildman–Crippen LogP) is 1.42. The summed E-state index contributed by atoms with van der Waals surface area (Å²) in [4.78, 5) is 11.7. The van der Waals surface area contributed by atoms with Gasteiger partial charge in [0.05, 0.1) is 16.4 Å². The van der Waals surface area contributed by atoms with Crippen LogP contribution in [0, 0.1) is 0 Å². The van der Waals surface area contributed by atoms with Crippen molar-refractivity contribution in [2.24, 2.45) is 0 Å². The lowest BCUT2D eigenvalue weighted by Gasteiger charge is -2.09. The Bertz CT molecular complexity index is 573. The van der Waals surface area contributed by atoms with E-state index in [1.54, 1.807) is 18.2 Å². The SMILES string of the molecule is O=C(CCCCO)Nc1cc(-n2cnnn2)ccc1Cl. The van der Waals surface area contributed by atoms with Crippen LogP contribution in [0.5, 0.6) is 0 Å². The molecule has 0 fully saturated rings. The van der Waals surface area contributed by atoms with Crippen molar-refractivity contribution in [2.75, 3.05) is 11.9 Å². The van der Waals surface area contributed by atoms with E-state index in [4.69, 9.17) is 16.7 Å². The van der Waals surface area contributed by atoms with Crippen LogP contribution in [0.25, 0.3) is 5.69 Å². The summed E-state index contributed by atoms with van der Waals surface area (Å²) in [6.45, 7) is 0.0861. The first kappa shape index (κ1) is 14.4. The first-order chi connectivity index (χ1) is 9.70. The van der Waals surface area contributed by atoms with Gasteiger partial charge in [0.15, 0.2) is 0 Å². The van der Waals surface area contributed by atoms with Crippen LogP contribution in [-0.2, 0) is 4.79 Å². The minimum absolute atomic E-state index is 0.0861. The van der Waals surface area contributed by atoms with E-state index >= 15 is 0 Å². The molecule has 2 N–H and O–H groups in total. The van der Waals surface area contributed by atoms with E-state index in [9.17, 15) is 4.79 Å². The number of nitrogens with zero attached hydrogens (tertiary/aromatic N) is 4. The van der Waals surface area contributed by atoms with Crippen molar-refractivity contribution in [1.29, 1.82) is 0 Å². The number of tetrazole rings is 1. The van der Waals surface area contributed by atoms with Gasteiger partial charge < -0.3 is 10.4 Å². The summed E-state index contributed by atoms with van der Waals surface area (Å²) in [6.07, 6.45) is 3.03. The third-order valence-electron chi connectivity index (χ3n) is 2.65. The highest BCUT2D eigenvalue weighted by Crippen LogP contribution is 2.24. The molecule has 1 heterocycles. The molecule has 0 aliphatic carbocycles. The number of aliphatic hydroxyl groups is 1. The lowest BCUT2D eigenvalue weighted by Crippen LogP contribution is -2.12. The van der Waals surface area contributed by atoms with Gasteiger partial charge in [-0.3, -0.25) is 4.79 Å². The number of halogens is 1. The fraction of sp³-hybridized carbons (Fsp3) is 0.333. The zero-order valence-electron chi connectivity index (χ0n) is 10.7. The van der Waals surface area contributed by atoms with Gasteiger partial charge in [0.25, 0.3) is 0 Å². The third-order valence-corrected chi connectivity index (χ3v) is 2.98. The van der Waals surface area contributed by atoms with Gasteiger partial charge in [-0.1, -0.05) is 11.6 Å². The van der Waals surface area contributed by atoms with Crippen molar-refractivity contribution in [3.05, 3.63) is 29.5 Å². The van der Waals surface area contributed by atoms with Crippen molar-refractivity contribution in [3.63, 3.8) is 0 Å². The molecular weight excluding hydrogens is 282 g/mol. The number of amides is 1. The minimum atomic E-state index is -0.144. The number of carbonyl (C=O) groups is 1. The molecule has 106 valence electrons. The standard InChI is InChI=1S/C12H14ClN5O2/c13-10-5-4-9(18-8-14-16-17-18)7-11(10)15-12(20)3-1-2-6-19/h4-5,7-8,19H,1-3,6H2,(H,15,20). The number of carbonyl (C=O) groups excluding carboxylic acids is 1. The molecule has 7 nitrogen and oxygen atoms in total. The average molecular weight is 296 g/mol. The Morgan fingerprint density at radius 3 is 2.95 bits per heavy atom. The highest BCUT2D eigenvalue weighted by molar-refractivity contribution is 6.33. The van der Waals surface area contributed by atoms with E-state index in [1.807, 2.05) is 0 Å². The normalized spacial score (nSPS) is 10.5. The molecule has 0 atom stereocenters. The van der Waals surface area contributed by atoms with Crippen LogP contribution in [-0.4, -0.2) is 37.8 Å². The van der Waals surface area contributed by atoms with Crippen LogP contribution in [0.1, 0.15) is 19.3 Å². The average Bonchev–Trinajstić information content (AvgIpc) is 2.95. The minimum Gasteiger partial charge on any atom is -0.396 e. The Morgan fingerprint density at radius 1 is 1.40 bits per heavy atom. The topological polar surface area (TPSA) is 92.9 Å². The number of nitrogens with one attached hydrogen (secondary N) is 1. The van der Waals surface area contributed by atoms with Crippen LogP contribution in [0.15, 0.2) is 24.5 Å². The zero-order chi connectivity index (χ0) is 14.4. The van der Waals surface area contributed by atoms with E-state index in [-0.39, 0.29) is 12.5 Å². The number of aromatic nitrogens is 4. The van der Waals surface area contributed by atoms with E-state index in [2.05, 4.69) is 20.8 Å². The number of rotatable bonds is 6. The monoisotopic (exact) mass is 295 g/mol. The van der Waals surface area contributed by atoms with E-state index < -0.39 is 0 Å². The van der Waals surface area contributed by atoms with Gasteiger partial charge in [-0.15, -0.1) is 5.10 Å². The zero-order valence-corrected chi connectivity index (χ0v) is 11.4. The predicted molar refractivity (Wildman–Crippen MR) is 73.7 cm³/mol. The van der Waals surface area contributed by atoms with E-state index in [1.165, 1.54) is 11.0 Å². The molecule has 1 aromatic carbocycles. The van der Waals surface area contributed by atoms with Crippen molar-refractivity contribution >= 4 is 23.2 Å². The summed E-state index contributed by atoms with van der Waals surface area (Å²) in [5, 5.41) is 22.7. The maximum Gasteiger partial charge on any atom is 0.224 e. The molecule has 1 aromatic heterocycles. The van der Waals surface area contributed by atoms with Crippen LogP contribution < -0.4 is 5.32 Å². The number of hydrogen-bond donors (Lipinski definition) is 2. The van der Waals surface area contributed by atoms with Crippen LogP contribution in [0.4, 0.5) is 5.69 Å². The third kappa shape index (κ3) is 3.75. The first-order valence-electron chi connectivity index (χ1n) is 6.14. The Balaban J connectivity index is 2.07. The molecule has 2 aromatic rings. The summed E-state index contributed by atoms with van der Waals surface area (Å²) in [6, 6.07) is 5.12. The Morgan fingerprint density at radius 2 is 2.25 bits per heavy atom. The lowest BCUT2D eigenvalue weighted by atomic mass is 10.2. The molecule has 0 saturated carbocycles. The summed E-state index contributed by atoms with van der Waals surface area (Å²) in [7, 11) is 0. The molecule has 0 bridgehead atoms. The molecule has 1 amide bonds. The Hall–Kier alpha value is -1.99. The molecular formula is C12H14ClN5O2. The highest BCUT2D eigenvalue weighted by Gasteiger charge is 2.08. The molecule has 0 spiro atoms. The van der Waals surface area contributed by atoms with Crippen LogP contribution in [0.2, 0.25) is 5.02 Å². The summed E-state index contributed by atoms with van der Waals surface area (Å²) in [5.74, 6) is -0.144. The van der Waals surface area contributed by atoms with Crippen molar-refractivity contribution < 1.29 is 9.90 Å². The number of aliphatic hydroxyl groups excluding tert-OH is 1. The van der Waals surface area contributed by atoms with Gasteiger partial charge in [-0.05, 0) is 41.5 Å².